The Morgan fingerprint density at radius 2 is 1.75 bits per heavy atom. The highest BCUT2D eigenvalue weighted by molar-refractivity contribution is 5.74. The molecule has 2 aromatic rings. The summed E-state index contributed by atoms with van der Waals surface area (Å²) in [6.45, 7) is 3.70. The van der Waals surface area contributed by atoms with Gasteiger partial charge in [0.05, 0.1) is 6.04 Å². The number of nitrogens with one attached hydrogen (secondary N) is 1. The Kier molecular flexibility index (Phi) is 4.31. The third-order valence-corrected chi connectivity index (χ3v) is 6.69. The number of rotatable bonds is 3. The van der Waals surface area contributed by atoms with Crippen molar-refractivity contribution in [2.45, 2.75) is 57.2 Å². The van der Waals surface area contributed by atoms with Crippen molar-refractivity contribution >= 4 is 17.1 Å². The van der Waals surface area contributed by atoms with Gasteiger partial charge in [0, 0.05) is 46.3 Å². The van der Waals surface area contributed by atoms with Gasteiger partial charge in [0.25, 0.3) is 5.56 Å². The maximum Gasteiger partial charge on any atom is 0.332 e. The Balaban J connectivity index is 1.62. The minimum Gasteiger partial charge on any atom is -0.342 e. The summed E-state index contributed by atoms with van der Waals surface area (Å²) in [6, 6.07) is 0.833. The van der Waals surface area contributed by atoms with Crippen LogP contribution in [0.4, 0.5) is 5.95 Å². The number of nitrogens with zero attached hydrogens (tertiary/aromatic N) is 6. The molecule has 9 heteroatoms. The van der Waals surface area contributed by atoms with Gasteiger partial charge >= 0.3 is 5.69 Å². The van der Waals surface area contributed by atoms with Crippen LogP contribution >= 0.6 is 0 Å². The molecule has 2 unspecified atom stereocenters. The second kappa shape index (κ2) is 6.73. The fraction of sp³-hybridized carbons (Fsp3) is 0.737. The summed E-state index contributed by atoms with van der Waals surface area (Å²) in [6.07, 6.45) is 7.21. The molecule has 0 spiro atoms. The van der Waals surface area contributed by atoms with Crippen molar-refractivity contribution in [1.29, 1.82) is 0 Å². The molecule has 1 N–H and O–H groups in total. The maximum absolute atomic E-state index is 13.0. The lowest BCUT2D eigenvalue weighted by atomic mass is 9.93. The first-order valence-corrected chi connectivity index (χ1v) is 10.5. The average Bonchev–Trinajstić information content (AvgIpc) is 3.09. The van der Waals surface area contributed by atoms with Crippen molar-refractivity contribution in [2.24, 2.45) is 14.1 Å². The number of imidazole rings is 1. The normalized spacial score (nSPS) is 25.7. The molecule has 3 aliphatic heterocycles. The standard InChI is InChI=1S/C19H29N7O2/c1-22-16-15(17(27)23(2)19(22)28)25(18(20-16)24-9-5-3-6-10-24)12-13-14-8-4-7-11-26(14)21-13/h13-14,21H,3-12H2,1-2H3. The Labute approximate surface area is 163 Å². The summed E-state index contributed by atoms with van der Waals surface area (Å²) in [4.78, 5) is 32.5. The van der Waals surface area contributed by atoms with E-state index in [9.17, 15) is 9.59 Å². The highest BCUT2D eigenvalue weighted by atomic mass is 16.2. The molecule has 0 saturated carbocycles. The summed E-state index contributed by atoms with van der Waals surface area (Å²) in [7, 11) is 3.25. The largest absolute Gasteiger partial charge is 0.342 e. The lowest BCUT2D eigenvalue weighted by Gasteiger charge is -2.52. The van der Waals surface area contributed by atoms with Crippen LogP contribution < -0.4 is 21.6 Å². The molecule has 0 amide bonds. The smallest absolute Gasteiger partial charge is 0.332 e. The van der Waals surface area contributed by atoms with Gasteiger partial charge < -0.3 is 9.47 Å². The van der Waals surface area contributed by atoms with Crippen LogP contribution in [0.5, 0.6) is 0 Å². The number of fused-ring (bicyclic) bond motifs is 2. The summed E-state index contributed by atoms with van der Waals surface area (Å²) in [5.74, 6) is 0.837. The van der Waals surface area contributed by atoms with Crippen LogP contribution in [0.15, 0.2) is 9.59 Å². The zero-order valence-electron chi connectivity index (χ0n) is 16.7. The first kappa shape index (κ1) is 17.9. The highest BCUT2D eigenvalue weighted by Gasteiger charge is 2.40. The molecule has 5 heterocycles. The first-order valence-electron chi connectivity index (χ1n) is 10.5. The average molecular weight is 387 g/mol. The van der Waals surface area contributed by atoms with Crippen LogP contribution in [-0.2, 0) is 20.6 Å². The van der Waals surface area contributed by atoms with Crippen molar-refractivity contribution in [3.63, 3.8) is 0 Å². The molecule has 5 rings (SSSR count). The second-order valence-corrected chi connectivity index (χ2v) is 8.44. The molecule has 3 fully saturated rings. The zero-order valence-corrected chi connectivity index (χ0v) is 16.7. The van der Waals surface area contributed by atoms with E-state index in [0.717, 1.165) is 38.4 Å². The lowest BCUT2D eigenvalue weighted by molar-refractivity contribution is -0.0613. The van der Waals surface area contributed by atoms with Gasteiger partial charge in [-0.05, 0) is 32.1 Å². The number of hydrazine groups is 1. The van der Waals surface area contributed by atoms with E-state index in [1.165, 1.54) is 34.8 Å². The Bertz CT molecular complexity index is 1010. The topological polar surface area (TPSA) is 80.3 Å². The number of aromatic nitrogens is 4. The molecular weight excluding hydrogens is 358 g/mol. The van der Waals surface area contributed by atoms with Crippen molar-refractivity contribution in [3.8, 4) is 0 Å². The van der Waals surface area contributed by atoms with E-state index in [4.69, 9.17) is 4.98 Å². The van der Waals surface area contributed by atoms with Gasteiger partial charge in [-0.2, -0.15) is 4.98 Å². The van der Waals surface area contributed by atoms with Gasteiger partial charge in [0.2, 0.25) is 5.95 Å². The summed E-state index contributed by atoms with van der Waals surface area (Å²) < 4.78 is 4.77. The molecule has 0 aliphatic carbocycles. The predicted molar refractivity (Wildman–Crippen MR) is 108 cm³/mol. The summed E-state index contributed by atoms with van der Waals surface area (Å²) >= 11 is 0. The molecule has 0 radical (unpaired) electrons. The number of aryl methyl sites for hydroxylation is 1. The molecule has 0 bridgehead atoms. The lowest BCUT2D eigenvalue weighted by Crippen LogP contribution is -2.71. The molecule has 3 aliphatic rings. The molecule has 28 heavy (non-hydrogen) atoms. The third-order valence-electron chi connectivity index (χ3n) is 6.69. The quantitative estimate of drug-likeness (QED) is 0.809. The van der Waals surface area contributed by atoms with Crippen molar-refractivity contribution in [2.75, 3.05) is 24.5 Å². The van der Waals surface area contributed by atoms with E-state index in [-0.39, 0.29) is 11.2 Å². The van der Waals surface area contributed by atoms with Gasteiger partial charge in [-0.3, -0.25) is 13.9 Å². The monoisotopic (exact) mass is 387 g/mol. The number of hydrogen-bond donors (Lipinski definition) is 1. The van der Waals surface area contributed by atoms with E-state index in [0.29, 0.717) is 29.8 Å². The maximum atomic E-state index is 13.0. The first-order chi connectivity index (χ1) is 13.6. The molecular formula is C19H29N7O2. The van der Waals surface area contributed by atoms with E-state index in [2.05, 4.69) is 19.9 Å². The second-order valence-electron chi connectivity index (χ2n) is 8.44. The van der Waals surface area contributed by atoms with Gasteiger partial charge in [0.1, 0.15) is 0 Å². The van der Waals surface area contributed by atoms with Gasteiger partial charge in [-0.1, -0.05) is 6.42 Å². The molecule has 3 saturated heterocycles. The van der Waals surface area contributed by atoms with Gasteiger partial charge in [-0.15, -0.1) is 0 Å². The minimum absolute atomic E-state index is 0.256. The Hall–Kier alpha value is -2.13. The third kappa shape index (κ3) is 2.63. The molecule has 2 atom stereocenters. The summed E-state index contributed by atoms with van der Waals surface area (Å²) in [5, 5.41) is 2.34. The molecule has 152 valence electrons. The minimum atomic E-state index is -0.326. The zero-order chi connectivity index (χ0) is 19.4. The van der Waals surface area contributed by atoms with Crippen LogP contribution in [0.1, 0.15) is 38.5 Å². The SMILES string of the molecule is Cn1c(=O)c2c(nc(N3CCCCC3)n2CC2NN3CCCCC23)n(C)c1=O. The van der Waals surface area contributed by atoms with E-state index < -0.39 is 0 Å². The number of hydrogen-bond acceptors (Lipinski definition) is 6. The number of piperidine rings is 2. The highest BCUT2D eigenvalue weighted by Crippen LogP contribution is 2.29. The van der Waals surface area contributed by atoms with Gasteiger partial charge in [0.15, 0.2) is 11.2 Å². The predicted octanol–water partition coefficient (Wildman–Crippen LogP) is 0.165. The van der Waals surface area contributed by atoms with Crippen LogP contribution in [0.25, 0.3) is 11.2 Å². The van der Waals surface area contributed by atoms with Crippen molar-refractivity contribution in [3.05, 3.63) is 20.8 Å². The van der Waals surface area contributed by atoms with E-state index in [1.54, 1.807) is 14.1 Å². The Morgan fingerprint density at radius 3 is 2.50 bits per heavy atom. The van der Waals surface area contributed by atoms with Crippen LogP contribution in [-0.4, -0.2) is 55.4 Å². The molecule has 9 nitrogen and oxygen atoms in total. The van der Waals surface area contributed by atoms with Crippen molar-refractivity contribution in [1.82, 2.24) is 29.1 Å². The van der Waals surface area contributed by atoms with Crippen LogP contribution in [0, 0.1) is 0 Å². The summed E-state index contributed by atoms with van der Waals surface area (Å²) in [5.41, 5.74) is 4.02. The van der Waals surface area contributed by atoms with Crippen LogP contribution in [0.3, 0.4) is 0 Å². The Morgan fingerprint density at radius 1 is 1.00 bits per heavy atom. The fourth-order valence-electron chi connectivity index (χ4n) is 5.06. The number of anilines is 1. The fourth-order valence-corrected chi connectivity index (χ4v) is 5.06. The van der Waals surface area contributed by atoms with Crippen molar-refractivity contribution < 1.29 is 0 Å². The van der Waals surface area contributed by atoms with E-state index >= 15 is 0 Å². The molecule has 2 aromatic heterocycles. The molecule has 0 aromatic carbocycles. The van der Waals surface area contributed by atoms with Gasteiger partial charge in [-0.25, -0.2) is 15.2 Å². The van der Waals surface area contributed by atoms with E-state index in [1.807, 2.05) is 0 Å². The van der Waals surface area contributed by atoms with Crippen LogP contribution in [0.2, 0.25) is 0 Å².